The molecule has 1 aromatic rings. The van der Waals surface area contributed by atoms with Crippen LogP contribution in [0.4, 0.5) is 0 Å². The van der Waals surface area contributed by atoms with Gasteiger partial charge in [0.15, 0.2) is 0 Å². The molecular weight excluding hydrogens is 212 g/mol. The van der Waals surface area contributed by atoms with Crippen molar-refractivity contribution in [2.24, 2.45) is 7.05 Å². The molecule has 0 bridgehead atoms. The normalized spacial score (nSPS) is 23.3. The summed E-state index contributed by atoms with van der Waals surface area (Å²) in [6, 6.07) is 0.564. The van der Waals surface area contributed by atoms with Gasteiger partial charge in [-0.1, -0.05) is 11.6 Å². The Labute approximate surface area is 95.2 Å². The van der Waals surface area contributed by atoms with Crippen molar-refractivity contribution in [2.45, 2.75) is 19.5 Å². The third-order valence-electron chi connectivity index (χ3n) is 3.01. The maximum Gasteiger partial charge on any atom is 0.128 e. The minimum atomic E-state index is 0.564. The predicted molar refractivity (Wildman–Crippen MR) is 61.0 cm³/mol. The zero-order valence-electron chi connectivity index (χ0n) is 9.20. The lowest BCUT2D eigenvalue weighted by molar-refractivity contribution is 0.160. The molecule has 0 aromatic carbocycles. The fourth-order valence-corrected chi connectivity index (χ4v) is 2.02. The Kier molecular flexibility index (Phi) is 3.29. The van der Waals surface area contributed by atoms with Gasteiger partial charge in [0.2, 0.25) is 0 Å². The van der Waals surface area contributed by atoms with Crippen molar-refractivity contribution in [1.29, 1.82) is 0 Å². The zero-order chi connectivity index (χ0) is 10.8. The van der Waals surface area contributed by atoms with E-state index in [1.54, 1.807) is 6.20 Å². The van der Waals surface area contributed by atoms with E-state index in [2.05, 4.69) is 22.1 Å². The first-order valence-corrected chi connectivity index (χ1v) is 5.67. The SMILES string of the molecule is CC1CNCCN1Cc1ncc(Cl)n1C. The van der Waals surface area contributed by atoms with Crippen LogP contribution in [0.25, 0.3) is 0 Å². The molecule has 2 rings (SSSR count). The maximum absolute atomic E-state index is 5.95. The number of hydrogen-bond acceptors (Lipinski definition) is 3. The van der Waals surface area contributed by atoms with Gasteiger partial charge in [0.1, 0.15) is 11.0 Å². The molecule has 0 saturated carbocycles. The molecule has 0 amide bonds. The van der Waals surface area contributed by atoms with Gasteiger partial charge in [-0.2, -0.15) is 0 Å². The molecule has 1 saturated heterocycles. The number of piperazine rings is 1. The average molecular weight is 229 g/mol. The van der Waals surface area contributed by atoms with Crippen molar-refractivity contribution >= 4 is 11.6 Å². The van der Waals surface area contributed by atoms with Gasteiger partial charge < -0.3 is 9.88 Å². The van der Waals surface area contributed by atoms with E-state index in [0.29, 0.717) is 11.2 Å². The van der Waals surface area contributed by atoms with Gasteiger partial charge in [-0.25, -0.2) is 4.98 Å². The number of halogens is 1. The van der Waals surface area contributed by atoms with E-state index in [-0.39, 0.29) is 0 Å². The lowest BCUT2D eigenvalue weighted by Crippen LogP contribution is -2.49. The third kappa shape index (κ3) is 2.33. The van der Waals surface area contributed by atoms with E-state index in [0.717, 1.165) is 32.0 Å². The molecule has 1 N–H and O–H groups in total. The molecule has 2 heterocycles. The van der Waals surface area contributed by atoms with Gasteiger partial charge in [-0.05, 0) is 6.92 Å². The Balaban J connectivity index is 2.04. The largest absolute Gasteiger partial charge is 0.321 e. The Morgan fingerprint density at radius 2 is 2.47 bits per heavy atom. The molecule has 0 aliphatic carbocycles. The van der Waals surface area contributed by atoms with Crippen LogP contribution in [0.15, 0.2) is 6.20 Å². The summed E-state index contributed by atoms with van der Waals surface area (Å²) in [6.07, 6.45) is 1.71. The highest BCUT2D eigenvalue weighted by molar-refractivity contribution is 6.29. The van der Waals surface area contributed by atoms with Crippen LogP contribution >= 0.6 is 11.6 Å². The van der Waals surface area contributed by atoms with E-state index in [4.69, 9.17) is 11.6 Å². The van der Waals surface area contributed by atoms with Crippen LogP contribution in [0.1, 0.15) is 12.7 Å². The zero-order valence-corrected chi connectivity index (χ0v) is 9.96. The molecule has 0 spiro atoms. The molecule has 84 valence electrons. The van der Waals surface area contributed by atoms with Crippen LogP contribution in [0.2, 0.25) is 5.15 Å². The molecular formula is C10H17ClN4. The number of imidazole rings is 1. The maximum atomic E-state index is 5.95. The predicted octanol–water partition coefficient (Wildman–Crippen LogP) is 0.867. The first-order chi connectivity index (χ1) is 7.18. The highest BCUT2D eigenvalue weighted by Crippen LogP contribution is 2.13. The van der Waals surface area contributed by atoms with Crippen molar-refractivity contribution in [3.8, 4) is 0 Å². The van der Waals surface area contributed by atoms with Gasteiger partial charge in [0.05, 0.1) is 12.7 Å². The Morgan fingerprint density at radius 1 is 1.67 bits per heavy atom. The van der Waals surface area contributed by atoms with E-state index >= 15 is 0 Å². The second kappa shape index (κ2) is 4.51. The van der Waals surface area contributed by atoms with Gasteiger partial charge in [0.25, 0.3) is 0 Å². The summed E-state index contributed by atoms with van der Waals surface area (Å²) in [5, 5.41) is 4.08. The summed E-state index contributed by atoms with van der Waals surface area (Å²) in [6.45, 7) is 6.30. The quantitative estimate of drug-likeness (QED) is 0.816. The molecule has 1 aliphatic rings. The van der Waals surface area contributed by atoms with Crippen LogP contribution in [-0.2, 0) is 13.6 Å². The van der Waals surface area contributed by atoms with Gasteiger partial charge in [0, 0.05) is 32.7 Å². The Bertz CT molecular complexity index is 336. The number of nitrogens with zero attached hydrogens (tertiary/aromatic N) is 3. The van der Waals surface area contributed by atoms with Gasteiger partial charge in [-0.15, -0.1) is 0 Å². The second-order valence-corrected chi connectivity index (χ2v) is 4.47. The Hall–Kier alpha value is -0.580. The second-order valence-electron chi connectivity index (χ2n) is 4.08. The van der Waals surface area contributed by atoms with E-state index in [1.165, 1.54) is 0 Å². The minimum absolute atomic E-state index is 0.564. The molecule has 0 radical (unpaired) electrons. The fraction of sp³-hybridized carbons (Fsp3) is 0.700. The van der Waals surface area contributed by atoms with Gasteiger partial charge >= 0.3 is 0 Å². The minimum Gasteiger partial charge on any atom is -0.321 e. The van der Waals surface area contributed by atoms with Crippen molar-refractivity contribution in [2.75, 3.05) is 19.6 Å². The topological polar surface area (TPSA) is 33.1 Å². The highest BCUT2D eigenvalue weighted by atomic mass is 35.5. The van der Waals surface area contributed by atoms with Crippen molar-refractivity contribution in [3.05, 3.63) is 17.2 Å². The number of rotatable bonds is 2. The van der Waals surface area contributed by atoms with Crippen LogP contribution in [-0.4, -0.2) is 40.1 Å². The number of nitrogens with one attached hydrogen (secondary N) is 1. The van der Waals surface area contributed by atoms with Crippen LogP contribution in [0.3, 0.4) is 0 Å². The van der Waals surface area contributed by atoms with Crippen LogP contribution in [0.5, 0.6) is 0 Å². The average Bonchev–Trinajstić information content (AvgIpc) is 2.53. The summed E-state index contributed by atoms with van der Waals surface area (Å²) in [7, 11) is 1.96. The summed E-state index contributed by atoms with van der Waals surface area (Å²) in [4.78, 5) is 6.74. The summed E-state index contributed by atoms with van der Waals surface area (Å²) >= 11 is 5.95. The monoisotopic (exact) mass is 228 g/mol. The standard InChI is InChI=1S/C10H17ClN4/c1-8-5-12-3-4-15(8)7-10-13-6-9(11)14(10)2/h6,8,12H,3-5,7H2,1-2H3. The highest BCUT2D eigenvalue weighted by Gasteiger charge is 2.19. The van der Waals surface area contributed by atoms with Crippen molar-refractivity contribution in [1.82, 2.24) is 19.8 Å². The fourth-order valence-electron chi connectivity index (χ4n) is 1.87. The molecule has 15 heavy (non-hydrogen) atoms. The van der Waals surface area contributed by atoms with E-state index < -0.39 is 0 Å². The molecule has 1 unspecified atom stereocenters. The van der Waals surface area contributed by atoms with E-state index in [9.17, 15) is 0 Å². The Morgan fingerprint density at radius 3 is 3.07 bits per heavy atom. The number of aromatic nitrogens is 2. The molecule has 5 heteroatoms. The van der Waals surface area contributed by atoms with Crippen molar-refractivity contribution in [3.63, 3.8) is 0 Å². The first-order valence-electron chi connectivity index (χ1n) is 5.29. The lowest BCUT2D eigenvalue weighted by Gasteiger charge is -2.33. The van der Waals surface area contributed by atoms with Gasteiger partial charge in [-0.3, -0.25) is 4.90 Å². The first kappa shape index (κ1) is 10.9. The van der Waals surface area contributed by atoms with Crippen molar-refractivity contribution < 1.29 is 0 Å². The van der Waals surface area contributed by atoms with Crippen LogP contribution in [0, 0.1) is 0 Å². The summed E-state index contributed by atoms with van der Waals surface area (Å²) in [5.41, 5.74) is 0. The molecule has 4 nitrogen and oxygen atoms in total. The third-order valence-corrected chi connectivity index (χ3v) is 3.36. The molecule has 1 aromatic heterocycles. The summed E-state index contributed by atoms with van der Waals surface area (Å²) < 4.78 is 1.94. The van der Waals surface area contributed by atoms with Crippen LogP contribution < -0.4 is 5.32 Å². The molecule has 1 fully saturated rings. The lowest BCUT2D eigenvalue weighted by atomic mass is 10.2. The molecule has 1 aliphatic heterocycles. The number of hydrogen-bond donors (Lipinski definition) is 1. The molecule has 1 atom stereocenters. The smallest absolute Gasteiger partial charge is 0.128 e. The summed E-state index contributed by atoms with van der Waals surface area (Å²) in [5.74, 6) is 1.04. The van der Waals surface area contributed by atoms with E-state index in [1.807, 2.05) is 11.6 Å².